The van der Waals surface area contributed by atoms with Gasteiger partial charge in [-0.2, -0.15) is 0 Å². The molecule has 1 aromatic carbocycles. The number of hydrogen-bond acceptors (Lipinski definition) is 3. The van der Waals surface area contributed by atoms with Gasteiger partial charge in [0, 0.05) is 32.8 Å². The Morgan fingerprint density at radius 1 is 1.24 bits per heavy atom. The second-order valence-electron chi connectivity index (χ2n) is 5.59. The normalized spacial score (nSPS) is 14.6. The monoisotopic (exact) mass is 314 g/mol. The second kappa shape index (κ2) is 5.20. The molecule has 4 rings (SSSR count). The van der Waals surface area contributed by atoms with E-state index in [4.69, 9.17) is 0 Å². The van der Waals surface area contributed by atoms with E-state index in [9.17, 15) is 0 Å². The van der Waals surface area contributed by atoms with Crippen LogP contribution in [0, 0.1) is 13.8 Å². The molecule has 0 unspecified atom stereocenters. The topological polar surface area (TPSA) is 17.0 Å². The molecule has 21 heavy (non-hydrogen) atoms. The van der Waals surface area contributed by atoms with E-state index in [1.807, 2.05) is 23.3 Å². The average molecular weight is 314 g/mol. The Morgan fingerprint density at radius 2 is 2.14 bits per heavy atom. The molecular weight excluding hydrogens is 296 g/mol. The van der Waals surface area contributed by atoms with E-state index in [2.05, 4.69) is 53.6 Å². The molecule has 0 atom stereocenters. The summed E-state index contributed by atoms with van der Waals surface area (Å²) in [6, 6.07) is 8.97. The van der Waals surface area contributed by atoms with Crippen molar-refractivity contribution in [1.82, 2.24) is 9.29 Å². The molecule has 3 aromatic rings. The third-order valence-corrected chi connectivity index (χ3v) is 6.25. The minimum absolute atomic E-state index is 0.982. The van der Waals surface area contributed by atoms with Gasteiger partial charge in [-0.15, -0.1) is 11.3 Å². The number of aromatic nitrogens is 1. The number of thiophene rings is 1. The van der Waals surface area contributed by atoms with Gasteiger partial charge >= 0.3 is 0 Å². The third-order valence-electron chi connectivity index (χ3n) is 4.04. The Hall–Kier alpha value is -1.23. The first-order chi connectivity index (χ1) is 10.2. The van der Waals surface area contributed by atoms with Gasteiger partial charge in [0.1, 0.15) is 0 Å². The van der Waals surface area contributed by atoms with Crippen molar-refractivity contribution in [3.05, 3.63) is 51.3 Å². The molecule has 0 amide bonds. The van der Waals surface area contributed by atoms with E-state index >= 15 is 0 Å². The van der Waals surface area contributed by atoms with Crippen LogP contribution in [-0.2, 0) is 13.0 Å². The van der Waals surface area contributed by atoms with Crippen molar-refractivity contribution in [2.75, 3.05) is 6.54 Å². The predicted molar refractivity (Wildman–Crippen MR) is 92.4 cm³/mol. The summed E-state index contributed by atoms with van der Waals surface area (Å²) in [4.78, 5) is 4.17. The summed E-state index contributed by atoms with van der Waals surface area (Å²) >= 11 is 3.73. The number of rotatable bonds is 2. The van der Waals surface area contributed by atoms with Gasteiger partial charge in [0.15, 0.2) is 0 Å². The standard InChI is InChI=1S/C17H18N2S2/c1-11-8-16(12(2)20-11)21-19-10-14-6-7-18-9-13-4-3-5-15(19)17(13)14/h3-5,8,10,18H,6-7,9H2,1-2H3. The van der Waals surface area contributed by atoms with Gasteiger partial charge < -0.3 is 5.32 Å². The maximum absolute atomic E-state index is 3.51. The minimum Gasteiger partial charge on any atom is -0.312 e. The highest BCUT2D eigenvalue weighted by molar-refractivity contribution is 7.98. The lowest BCUT2D eigenvalue weighted by molar-refractivity contribution is 0.701. The van der Waals surface area contributed by atoms with Crippen molar-refractivity contribution in [3.8, 4) is 0 Å². The van der Waals surface area contributed by atoms with Gasteiger partial charge in [0.25, 0.3) is 0 Å². The van der Waals surface area contributed by atoms with Crippen LogP contribution in [0.3, 0.4) is 0 Å². The van der Waals surface area contributed by atoms with Crippen LogP contribution < -0.4 is 5.32 Å². The summed E-state index contributed by atoms with van der Waals surface area (Å²) in [6.07, 6.45) is 3.45. The van der Waals surface area contributed by atoms with Crippen molar-refractivity contribution in [1.29, 1.82) is 0 Å². The summed E-state index contributed by atoms with van der Waals surface area (Å²) in [7, 11) is 0. The molecule has 1 N–H and O–H groups in total. The van der Waals surface area contributed by atoms with Crippen molar-refractivity contribution in [2.24, 2.45) is 0 Å². The first-order valence-electron chi connectivity index (χ1n) is 7.30. The molecular formula is C17H18N2S2. The quantitative estimate of drug-likeness (QED) is 0.749. The van der Waals surface area contributed by atoms with E-state index in [0.717, 1.165) is 19.5 Å². The van der Waals surface area contributed by atoms with Gasteiger partial charge in [0.05, 0.1) is 5.52 Å². The first kappa shape index (κ1) is 13.4. The van der Waals surface area contributed by atoms with Crippen LogP contribution in [0.1, 0.15) is 20.9 Å². The molecule has 2 aromatic heterocycles. The van der Waals surface area contributed by atoms with Crippen molar-refractivity contribution in [2.45, 2.75) is 31.7 Å². The Labute approximate surface area is 133 Å². The van der Waals surface area contributed by atoms with Crippen LogP contribution in [0.25, 0.3) is 10.9 Å². The Kier molecular flexibility index (Phi) is 3.32. The van der Waals surface area contributed by atoms with Crippen LogP contribution in [-0.4, -0.2) is 10.5 Å². The van der Waals surface area contributed by atoms with Crippen molar-refractivity contribution < 1.29 is 0 Å². The molecule has 0 bridgehead atoms. The van der Waals surface area contributed by atoms with Crippen LogP contribution in [0.4, 0.5) is 0 Å². The molecule has 1 aliphatic heterocycles. The molecule has 0 saturated heterocycles. The van der Waals surface area contributed by atoms with Gasteiger partial charge in [0.2, 0.25) is 0 Å². The van der Waals surface area contributed by atoms with Gasteiger partial charge in [-0.1, -0.05) is 12.1 Å². The third kappa shape index (κ3) is 2.31. The lowest BCUT2D eigenvalue weighted by atomic mass is 10.1. The average Bonchev–Trinajstić information content (AvgIpc) is 2.88. The molecule has 0 fully saturated rings. The minimum atomic E-state index is 0.982. The Bertz CT molecular complexity index is 814. The number of hydrogen-bond donors (Lipinski definition) is 1. The van der Waals surface area contributed by atoms with Gasteiger partial charge in [-0.25, -0.2) is 0 Å². The summed E-state index contributed by atoms with van der Waals surface area (Å²) in [5.74, 6) is 0. The largest absolute Gasteiger partial charge is 0.312 e. The zero-order chi connectivity index (χ0) is 14.4. The highest BCUT2D eigenvalue weighted by Crippen LogP contribution is 2.36. The van der Waals surface area contributed by atoms with Crippen LogP contribution in [0.15, 0.2) is 35.4 Å². The highest BCUT2D eigenvalue weighted by Gasteiger charge is 2.16. The summed E-state index contributed by atoms with van der Waals surface area (Å²) in [5.41, 5.74) is 4.25. The van der Waals surface area contributed by atoms with E-state index in [0.29, 0.717) is 0 Å². The van der Waals surface area contributed by atoms with E-state index in [1.165, 1.54) is 36.7 Å². The van der Waals surface area contributed by atoms with E-state index < -0.39 is 0 Å². The molecule has 0 saturated carbocycles. The maximum Gasteiger partial charge on any atom is 0.0600 e. The van der Waals surface area contributed by atoms with Crippen LogP contribution >= 0.6 is 23.3 Å². The molecule has 3 heterocycles. The maximum atomic E-state index is 3.51. The highest BCUT2D eigenvalue weighted by atomic mass is 32.2. The summed E-state index contributed by atoms with van der Waals surface area (Å²) < 4.78 is 2.36. The van der Waals surface area contributed by atoms with Crippen LogP contribution in [0.5, 0.6) is 0 Å². The van der Waals surface area contributed by atoms with Crippen LogP contribution in [0.2, 0.25) is 0 Å². The molecule has 0 aliphatic carbocycles. The fourth-order valence-electron chi connectivity index (χ4n) is 3.08. The van der Waals surface area contributed by atoms with E-state index in [-0.39, 0.29) is 0 Å². The number of benzene rings is 1. The lowest BCUT2D eigenvalue weighted by Gasteiger charge is -2.06. The second-order valence-corrected chi connectivity index (χ2v) is 8.06. The number of nitrogens with zero attached hydrogens (tertiary/aromatic N) is 1. The molecule has 4 heteroatoms. The predicted octanol–water partition coefficient (Wildman–Crippen LogP) is 4.52. The summed E-state index contributed by atoms with van der Waals surface area (Å²) in [5, 5.41) is 4.97. The fourth-order valence-corrected chi connectivity index (χ4v) is 5.21. The molecule has 1 aliphatic rings. The van der Waals surface area contributed by atoms with E-state index in [1.54, 1.807) is 0 Å². The number of nitrogens with one attached hydrogen (secondary N) is 1. The lowest BCUT2D eigenvalue weighted by Crippen LogP contribution is -2.13. The zero-order valence-electron chi connectivity index (χ0n) is 12.3. The fraction of sp³-hybridized carbons (Fsp3) is 0.294. The Balaban J connectivity index is 1.85. The summed E-state index contributed by atoms with van der Waals surface area (Å²) in [6.45, 7) is 6.44. The smallest absolute Gasteiger partial charge is 0.0600 e. The van der Waals surface area contributed by atoms with Gasteiger partial charge in [-0.05, 0) is 62.0 Å². The SMILES string of the molecule is Cc1cc(Sn2cc3c4c(cccc42)CNCC3)c(C)s1. The van der Waals surface area contributed by atoms with Crippen molar-refractivity contribution >= 4 is 34.2 Å². The molecule has 0 spiro atoms. The molecule has 108 valence electrons. The van der Waals surface area contributed by atoms with Crippen molar-refractivity contribution in [3.63, 3.8) is 0 Å². The first-order valence-corrected chi connectivity index (χ1v) is 8.89. The zero-order valence-corrected chi connectivity index (χ0v) is 13.9. The molecule has 0 radical (unpaired) electrons. The van der Waals surface area contributed by atoms with Gasteiger partial charge in [-0.3, -0.25) is 3.97 Å². The number of aryl methyl sites for hydroxylation is 2. The Morgan fingerprint density at radius 3 is 2.95 bits per heavy atom. The molecule has 2 nitrogen and oxygen atoms in total.